The van der Waals surface area contributed by atoms with E-state index in [4.69, 9.17) is 52.6 Å². The number of carboxylic acids is 1. The zero-order valence-corrected chi connectivity index (χ0v) is 23.7. The van der Waals surface area contributed by atoms with Crippen LogP contribution in [0.2, 0.25) is 0 Å². The van der Waals surface area contributed by atoms with Crippen LogP contribution in [0.1, 0.15) is 12.0 Å². The molecule has 0 saturated heterocycles. The summed E-state index contributed by atoms with van der Waals surface area (Å²) in [5, 5.41) is 8.47. The molecule has 236 valence electrons. The van der Waals surface area contributed by atoms with Gasteiger partial charge in [0.2, 0.25) is 0 Å². The van der Waals surface area contributed by atoms with Gasteiger partial charge in [0.1, 0.15) is 6.61 Å². The predicted octanol–water partition coefficient (Wildman–Crippen LogP) is 1.45. The molecule has 0 unspecified atom stereocenters. The van der Waals surface area contributed by atoms with Crippen LogP contribution >= 0.6 is 0 Å². The van der Waals surface area contributed by atoms with Crippen molar-refractivity contribution < 1.29 is 62.2 Å². The molecular formula is C27H45NO13. The molecule has 0 saturated carbocycles. The standard InChI is InChI=1S/C27H45NO13/c29-26(30)6-7-32-8-9-33-10-11-34-12-13-35-14-15-36-16-17-37-18-19-38-20-21-39-22-23-41-28-27(31)40-24-25-4-2-1-3-5-25/h1-5H,6-24H2,(H,28,31)(H,29,30). The number of hydrogen-bond donors (Lipinski definition) is 2. The minimum atomic E-state index is -0.879. The molecule has 0 heterocycles. The third-order valence-corrected chi connectivity index (χ3v) is 4.76. The number of carbonyl (C=O) groups is 2. The van der Waals surface area contributed by atoms with E-state index in [1.807, 2.05) is 30.3 Å². The Labute approximate surface area is 241 Å². The van der Waals surface area contributed by atoms with Gasteiger partial charge in [0.05, 0.1) is 119 Å². The monoisotopic (exact) mass is 591 g/mol. The first-order valence-electron chi connectivity index (χ1n) is 13.6. The van der Waals surface area contributed by atoms with Crippen LogP contribution in [0, 0.1) is 0 Å². The molecule has 0 radical (unpaired) electrons. The molecule has 14 heteroatoms. The normalized spacial score (nSPS) is 11.0. The highest BCUT2D eigenvalue weighted by molar-refractivity contribution is 5.66. The third-order valence-electron chi connectivity index (χ3n) is 4.76. The lowest BCUT2D eigenvalue weighted by molar-refractivity contribution is -0.138. The molecule has 0 spiro atoms. The summed E-state index contributed by atoms with van der Waals surface area (Å²) in [5.41, 5.74) is 3.09. The Balaban J connectivity index is 1.66. The Morgan fingerprint density at radius 3 is 1.29 bits per heavy atom. The Morgan fingerprint density at radius 2 is 0.902 bits per heavy atom. The number of carboxylic acid groups (broad SMARTS) is 1. The van der Waals surface area contributed by atoms with Gasteiger partial charge in [-0.3, -0.25) is 9.63 Å². The second-order valence-electron chi connectivity index (χ2n) is 8.05. The van der Waals surface area contributed by atoms with Gasteiger partial charge in [-0.1, -0.05) is 30.3 Å². The lowest BCUT2D eigenvalue weighted by atomic mass is 10.2. The van der Waals surface area contributed by atoms with Crippen molar-refractivity contribution >= 4 is 12.1 Å². The molecule has 0 bridgehead atoms. The Morgan fingerprint density at radius 1 is 0.537 bits per heavy atom. The summed E-state index contributed by atoms with van der Waals surface area (Å²) >= 11 is 0. The molecule has 0 aromatic heterocycles. The van der Waals surface area contributed by atoms with E-state index in [9.17, 15) is 9.59 Å². The number of hydrogen-bond acceptors (Lipinski definition) is 12. The van der Waals surface area contributed by atoms with E-state index in [-0.39, 0.29) is 26.2 Å². The van der Waals surface area contributed by atoms with Gasteiger partial charge in [-0.2, -0.15) is 5.48 Å². The molecule has 1 rings (SSSR count). The van der Waals surface area contributed by atoms with Gasteiger partial charge < -0.3 is 47.7 Å². The molecule has 0 aliphatic carbocycles. The Hall–Kier alpha value is -2.40. The maximum atomic E-state index is 11.5. The van der Waals surface area contributed by atoms with Crippen molar-refractivity contribution in [3.63, 3.8) is 0 Å². The molecule has 0 atom stereocenters. The lowest BCUT2D eigenvalue weighted by Gasteiger charge is -2.09. The van der Waals surface area contributed by atoms with E-state index in [0.29, 0.717) is 99.1 Å². The molecule has 14 nitrogen and oxygen atoms in total. The van der Waals surface area contributed by atoms with E-state index >= 15 is 0 Å². The summed E-state index contributed by atoms with van der Waals surface area (Å²) in [5.74, 6) is -0.879. The highest BCUT2D eigenvalue weighted by atomic mass is 16.7. The molecular weight excluding hydrogens is 546 g/mol. The Bertz CT molecular complexity index is 726. The molecule has 2 N–H and O–H groups in total. The molecule has 1 aromatic rings. The number of hydroxylamine groups is 1. The topological polar surface area (TPSA) is 159 Å². The summed E-state index contributed by atoms with van der Waals surface area (Å²) in [7, 11) is 0. The zero-order chi connectivity index (χ0) is 29.5. The van der Waals surface area contributed by atoms with Gasteiger partial charge in [0, 0.05) is 0 Å². The minimum Gasteiger partial charge on any atom is -0.481 e. The highest BCUT2D eigenvalue weighted by Gasteiger charge is 2.02. The van der Waals surface area contributed by atoms with Crippen LogP contribution in [0.3, 0.4) is 0 Å². The number of carbonyl (C=O) groups excluding carboxylic acids is 1. The summed E-state index contributed by atoms with van der Waals surface area (Å²) in [6, 6.07) is 9.35. The Kier molecular flexibility index (Phi) is 26.0. The summed E-state index contributed by atoms with van der Waals surface area (Å²) in [4.78, 5) is 26.8. The predicted molar refractivity (Wildman–Crippen MR) is 145 cm³/mol. The first-order valence-corrected chi connectivity index (χ1v) is 13.6. The van der Waals surface area contributed by atoms with Crippen LogP contribution in [0.15, 0.2) is 30.3 Å². The van der Waals surface area contributed by atoms with Crippen molar-refractivity contribution in [1.82, 2.24) is 5.48 Å². The lowest BCUT2D eigenvalue weighted by Crippen LogP contribution is -2.26. The van der Waals surface area contributed by atoms with Gasteiger partial charge >= 0.3 is 12.1 Å². The van der Waals surface area contributed by atoms with Gasteiger partial charge in [0.15, 0.2) is 0 Å². The van der Waals surface area contributed by atoms with E-state index in [2.05, 4.69) is 5.48 Å². The second-order valence-corrected chi connectivity index (χ2v) is 8.05. The quantitative estimate of drug-likeness (QED) is 0.0979. The number of amides is 1. The van der Waals surface area contributed by atoms with Gasteiger partial charge in [0.25, 0.3) is 0 Å². The molecule has 0 aliphatic heterocycles. The smallest absolute Gasteiger partial charge is 0.431 e. The molecule has 0 aliphatic rings. The van der Waals surface area contributed by atoms with Crippen molar-refractivity contribution in [3.8, 4) is 0 Å². The maximum absolute atomic E-state index is 11.5. The first-order chi connectivity index (χ1) is 20.2. The summed E-state index contributed by atoms with van der Waals surface area (Å²) in [6.07, 6.45) is -0.666. The fourth-order valence-corrected chi connectivity index (χ4v) is 2.76. The second kappa shape index (κ2) is 29.1. The highest BCUT2D eigenvalue weighted by Crippen LogP contribution is 2.00. The van der Waals surface area contributed by atoms with Crippen LogP contribution in [-0.4, -0.2) is 129 Å². The average Bonchev–Trinajstić information content (AvgIpc) is 2.98. The van der Waals surface area contributed by atoms with Crippen LogP contribution in [0.4, 0.5) is 4.79 Å². The fraction of sp³-hybridized carbons (Fsp3) is 0.704. The van der Waals surface area contributed by atoms with Gasteiger partial charge in [-0.05, 0) is 5.56 Å². The molecule has 41 heavy (non-hydrogen) atoms. The SMILES string of the molecule is O=C(O)CCOCCOCCOCCOCCOCCOCCOCCOCCONC(=O)OCc1ccccc1. The largest absolute Gasteiger partial charge is 0.481 e. The number of aliphatic carboxylic acids is 1. The van der Waals surface area contributed by atoms with E-state index in [0.717, 1.165) is 5.56 Å². The van der Waals surface area contributed by atoms with Gasteiger partial charge in [-0.15, -0.1) is 0 Å². The van der Waals surface area contributed by atoms with E-state index in [1.54, 1.807) is 0 Å². The fourth-order valence-electron chi connectivity index (χ4n) is 2.76. The summed E-state index contributed by atoms with van der Waals surface area (Å²) in [6.45, 7) is 7.02. The van der Waals surface area contributed by atoms with E-state index in [1.165, 1.54) is 0 Å². The average molecular weight is 592 g/mol. The maximum Gasteiger partial charge on any atom is 0.431 e. The molecule has 1 aromatic carbocycles. The number of nitrogens with one attached hydrogen (secondary N) is 1. The van der Waals surface area contributed by atoms with Crippen molar-refractivity contribution in [2.45, 2.75) is 13.0 Å². The first kappa shape index (κ1) is 36.6. The number of benzene rings is 1. The number of ether oxygens (including phenoxy) is 9. The van der Waals surface area contributed by atoms with Crippen LogP contribution < -0.4 is 5.48 Å². The number of rotatable bonds is 30. The van der Waals surface area contributed by atoms with Crippen molar-refractivity contribution in [2.24, 2.45) is 0 Å². The van der Waals surface area contributed by atoms with Crippen LogP contribution in [-0.2, 0) is 58.9 Å². The minimum absolute atomic E-state index is 0.00711. The zero-order valence-electron chi connectivity index (χ0n) is 23.7. The van der Waals surface area contributed by atoms with Crippen LogP contribution in [0.25, 0.3) is 0 Å². The summed E-state index contributed by atoms with van der Waals surface area (Å²) < 4.78 is 47.8. The molecule has 1 amide bonds. The van der Waals surface area contributed by atoms with Crippen LogP contribution in [0.5, 0.6) is 0 Å². The third kappa shape index (κ3) is 27.5. The van der Waals surface area contributed by atoms with E-state index < -0.39 is 12.1 Å². The van der Waals surface area contributed by atoms with Crippen molar-refractivity contribution in [2.75, 3.05) is 112 Å². The van der Waals surface area contributed by atoms with Crippen molar-refractivity contribution in [1.29, 1.82) is 0 Å². The molecule has 0 fully saturated rings. The van der Waals surface area contributed by atoms with Crippen molar-refractivity contribution in [3.05, 3.63) is 35.9 Å². The van der Waals surface area contributed by atoms with Gasteiger partial charge in [-0.25, -0.2) is 4.79 Å².